The van der Waals surface area contributed by atoms with Crippen molar-refractivity contribution in [3.63, 3.8) is 0 Å². The first-order valence-electron chi connectivity index (χ1n) is 10.7. The molecule has 0 aromatic carbocycles. The smallest absolute Gasteiger partial charge is 0.137 e. The number of carbonyl (C=O) groups is 1. The van der Waals surface area contributed by atoms with E-state index < -0.39 is 0 Å². The van der Waals surface area contributed by atoms with Gasteiger partial charge in [0.2, 0.25) is 0 Å². The summed E-state index contributed by atoms with van der Waals surface area (Å²) in [6.45, 7) is 3.42. The van der Waals surface area contributed by atoms with Crippen molar-refractivity contribution < 1.29 is 9.53 Å². The van der Waals surface area contributed by atoms with Gasteiger partial charge in [0.05, 0.1) is 12.2 Å². The van der Waals surface area contributed by atoms with Crippen molar-refractivity contribution in [2.75, 3.05) is 6.61 Å². The van der Waals surface area contributed by atoms with Gasteiger partial charge in [-0.2, -0.15) is 0 Å². The second kappa shape index (κ2) is 4.16. The lowest BCUT2D eigenvalue weighted by Gasteiger charge is -2.56. The van der Waals surface area contributed by atoms with Gasteiger partial charge >= 0.3 is 0 Å². The third-order valence-corrected chi connectivity index (χ3v) is 9.82. The van der Waals surface area contributed by atoms with Crippen LogP contribution in [0.4, 0.5) is 0 Å². The first-order valence-corrected chi connectivity index (χ1v) is 10.7. The molecule has 25 heavy (non-hydrogen) atoms. The molecule has 2 nitrogen and oxygen atoms in total. The Hall–Kier alpha value is -0.890. The predicted molar refractivity (Wildman–Crippen MR) is 94.7 cm³/mol. The van der Waals surface area contributed by atoms with Gasteiger partial charge in [-0.05, 0) is 73.5 Å². The van der Waals surface area contributed by atoms with Gasteiger partial charge in [0.15, 0.2) is 0 Å². The lowest BCUT2D eigenvalue weighted by atomic mass is 9.50. The van der Waals surface area contributed by atoms with Gasteiger partial charge in [-0.25, -0.2) is 0 Å². The van der Waals surface area contributed by atoms with E-state index in [-0.39, 0.29) is 5.60 Å². The molecule has 2 heteroatoms. The number of hydrogen-bond acceptors (Lipinski definition) is 2. The Morgan fingerprint density at radius 3 is 2.88 bits per heavy atom. The third kappa shape index (κ3) is 1.46. The Morgan fingerprint density at radius 2 is 2.04 bits per heavy atom. The monoisotopic (exact) mass is 336 g/mol. The molecule has 0 bridgehead atoms. The second-order valence-corrected chi connectivity index (χ2v) is 10.5. The molecule has 1 spiro atoms. The molecule has 0 amide bonds. The van der Waals surface area contributed by atoms with Crippen LogP contribution < -0.4 is 0 Å². The first kappa shape index (κ1) is 14.2. The summed E-state index contributed by atoms with van der Waals surface area (Å²) in [7, 11) is 0. The summed E-state index contributed by atoms with van der Waals surface area (Å²) in [6.07, 6.45) is 13.0. The number of ketones is 1. The topological polar surface area (TPSA) is 26.3 Å². The molecular formula is C23H28O2. The molecule has 1 heterocycles. The van der Waals surface area contributed by atoms with Crippen molar-refractivity contribution >= 4 is 5.78 Å². The van der Waals surface area contributed by atoms with Gasteiger partial charge in [0.1, 0.15) is 5.78 Å². The van der Waals surface area contributed by atoms with E-state index in [0.717, 1.165) is 67.3 Å². The normalized spacial score (nSPS) is 60.0. The zero-order valence-corrected chi connectivity index (χ0v) is 15.2. The minimum Gasteiger partial charge on any atom is -0.366 e. The van der Waals surface area contributed by atoms with E-state index in [9.17, 15) is 4.79 Å². The molecule has 9 atom stereocenters. The zero-order chi connectivity index (χ0) is 16.6. The zero-order valence-electron chi connectivity index (χ0n) is 15.2. The highest BCUT2D eigenvalue weighted by molar-refractivity contribution is 5.83. The fourth-order valence-corrected chi connectivity index (χ4v) is 8.93. The van der Waals surface area contributed by atoms with E-state index in [0.29, 0.717) is 11.2 Å². The van der Waals surface area contributed by atoms with Crippen LogP contribution in [0.3, 0.4) is 0 Å². The number of allylic oxidation sites excluding steroid dienone is 2. The molecule has 4 fully saturated rings. The Kier molecular flexibility index (Phi) is 2.36. The second-order valence-electron chi connectivity index (χ2n) is 10.5. The molecule has 0 radical (unpaired) electrons. The van der Waals surface area contributed by atoms with Crippen molar-refractivity contribution in [3.05, 3.63) is 23.3 Å². The van der Waals surface area contributed by atoms with Crippen molar-refractivity contribution in [3.8, 4) is 0 Å². The molecule has 1 aliphatic heterocycles. The summed E-state index contributed by atoms with van der Waals surface area (Å²) >= 11 is 0. The molecule has 7 unspecified atom stereocenters. The molecular weight excluding hydrogens is 308 g/mol. The molecule has 0 aromatic rings. The maximum Gasteiger partial charge on any atom is 0.137 e. The van der Waals surface area contributed by atoms with Crippen molar-refractivity contribution in [1.29, 1.82) is 0 Å². The van der Waals surface area contributed by atoms with Crippen LogP contribution in [0.2, 0.25) is 0 Å². The average Bonchev–Trinajstić information content (AvgIpc) is 3.50. The van der Waals surface area contributed by atoms with Gasteiger partial charge < -0.3 is 4.74 Å². The van der Waals surface area contributed by atoms with Crippen molar-refractivity contribution in [1.82, 2.24) is 0 Å². The molecule has 0 aromatic heterocycles. The fraction of sp³-hybridized carbons (Fsp3) is 0.783. The number of hydrogen-bond donors (Lipinski definition) is 0. The number of fused-ring (bicyclic) bond motifs is 11. The van der Waals surface area contributed by atoms with E-state index in [1.54, 1.807) is 11.1 Å². The summed E-state index contributed by atoms with van der Waals surface area (Å²) in [5.74, 6) is 6.53. The van der Waals surface area contributed by atoms with Crippen LogP contribution in [0.15, 0.2) is 23.3 Å². The Bertz CT molecular complexity index is 762. The number of Topliss-reactive ketones (excluding diaryl/α,β-unsaturated/α-hetero) is 1. The number of rotatable bonds is 0. The lowest BCUT2D eigenvalue weighted by molar-refractivity contribution is -0.125. The summed E-state index contributed by atoms with van der Waals surface area (Å²) < 4.78 is 6.51. The highest BCUT2D eigenvalue weighted by Gasteiger charge is 2.78. The van der Waals surface area contributed by atoms with Crippen LogP contribution in [0.25, 0.3) is 0 Å². The van der Waals surface area contributed by atoms with E-state index in [1.807, 2.05) is 0 Å². The largest absolute Gasteiger partial charge is 0.366 e. The molecule has 4 saturated carbocycles. The average molecular weight is 336 g/mol. The number of carbonyl (C=O) groups excluding carboxylic acids is 1. The van der Waals surface area contributed by atoms with Gasteiger partial charge in [0, 0.05) is 18.3 Å². The Labute approximate surface area is 150 Å². The molecule has 0 N–H and O–H groups in total. The SMILES string of the molecule is C[C@]12CCC3C4=C(CC(=O)CC4)C4CC4C3C1C1CC1[C@@]21C=CCO1. The Balaban J connectivity index is 1.34. The Morgan fingerprint density at radius 1 is 1.12 bits per heavy atom. The lowest BCUT2D eigenvalue weighted by Crippen LogP contribution is -2.54. The van der Waals surface area contributed by atoms with E-state index in [4.69, 9.17) is 4.74 Å². The number of ether oxygens (including phenoxy) is 1. The van der Waals surface area contributed by atoms with E-state index in [1.165, 1.54) is 25.7 Å². The molecule has 7 aliphatic rings. The summed E-state index contributed by atoms with van der Waals surface area (Å²) in [5, 5.41) is 0. The molecule has 0 saturated heterocycles. The minimum absolute atomic E-state index is 0.0783. The van der Waals surface area contributed by atoms with Crippen LogP contribution in [-0.2, 0) is 9.53 Å². The fourth-order valence-electron chi connectivity index (χ4n) is 8.93. The summed E-state index contributed by atoms with van der Waals surface area (Å²) in [6, 6.07) is 0. The van der Waals surface area contributed by atoms with Crippen LogP contribution in [-0.4, -0.2) is 18.0 Å². The standard InChI is InChI=1S/C23H28O2/c1-22-7-5-14-13-4-3-12(24)9-15(13)16-10-17(16)20(14)21(22)18-11-19(18)23(22)6-2-8-25-23/h2,6,14,16-21H,3-5,7-11H2,1H3/t14?,16?,17?,18?,19?,20?,21?,22-,23-/m0/s1. The van der Waals surface area contributed by atoms with Crippen LogP contribution in [0, 0.1) is 46.8 Å². The van der Waals surface area contributed by atoms with Crippen LogP contribution >= 0.6 is 0 Å². The van der Waals surface area contributed by atoms with Crippen LogP contribution in [0.1, 0.15) is 51.9 Å². The minimum atomic E-state index is 0.0783. The van der Waals surface area contributed by atoms with Gasteiger partial charge in [-0.1, -0.05) is 30.2 Å². The predicted octanol–water partition coefficient (Wildman–Crippen LogP) is 4.31. The summed E-state index contributed by atoms with van der Waals surface area (Å²) in [4.78, 5) is 12.0. The van der Waals surface area contributed by atoms with Gasteiger partial charge in [-0.3, -0.25) is 4.79 Å². The highest BCUT2D eigenvalue weighted by Crippen LogP contribution is 2.79. The van der Waals surface area contributed by atoms with Crippen molar-refractivity contribution in [2.24, 2.45) is 46.8 Å². The van der Waals surface area contributed by atoms with E-state index in [2.05, 4.69) is 19.1 Å². The molecule has 6 aliphatic carbocycles. The quantitative estimate of drug-likeness (QED) is 0.616. The maximum absolute atomic E-state index is 12.0. The first-order chi connectivity index (χ1) is 12.1. The maximum atomic E-state index is 12.0. The highest BCUT2D eigenvalue weighted by atomic mass is 16.5. The van der Waals surface area contributed by atoms with Gasteiger partial charge in [0.25, 0.3) is 0 Å². The molecule has 132 valence electrons. The molecule has 7 rings (SSSR count). The van der Waals surface area contributed by atoms with Crippen molar-refractivity contribution in [2.45, 2.75) is 57.5 Å². The van der Waals surface area contributed by atoms with Gasteiger partial charge in [-0.15, -0.1) is 0 Å². The van der Waals surface area contributed by atoms with E-state index >= 15 is 0 Å². The summed E-state index contributed by atoms with van der Waals surface area (Å²) in [5.41, 5.74) is 3.84. The van der Waals surface area contributed by atoms with Crippen LogP contribution in [0.5, 0.6) is 0 Å². The third-order valence-electron chi connectivity index (χ3n) is 9.82.